The second kappa shape index (κ2) is 7.86. The second-order valence-corrected chi connectivity index (χ2v) is 9.85. The van der Waals surface area contributed by atoms with Crippen molar-refractivity contribution in [2.24, 2.45) is 0 Å². The molecule has 1 aliphatic rings. The summed E-state index contributed by atoms with van der Waals surface area (Å²) in [6.45, 7) is 7.95. The van der Waals surface area contributed by atoms with Gasteiger partial charge >= 0.3 is 18.2 Å². The van der Waals surface area contributed by atoms with Gasteiger partial charge in [0.2, 0.25) is 5.79 Å². The van der Waals surface area contributed by atoms with E-state index in [1.54, 1.807) is 45.0 Å². The average Bonchev–Trinajstić information content (AvgIpc) is 3.26. The monoisotopic (exact) mass is 494 g/mol. The van der Waals surface area contributed by atoms with Crippen molar-refractivity contribution in [3.05, 3.63) is 47.0 Å². The van der Waals surface area contributed by atoms with Crippen LogP contribution in [0.15, 0.2) is 36.5 Å². The number of aromatic nitrogens is 2. The summed E-state index contributed by atoms with van der Waals surface area (Å²) in [5.41, 5.74) is -0.575. The number of fused-ring (bicyclic) bond motifs is 1. The lowest BCUT2D eigenvalue weighted by Gasteiger charge is -2.31. The Labute approximate surface area is 196 Å². The van der Waals surface area contributed by atoms with E-state index in [0.29, 0.717) is 10.9 Å². The summed E-state index contributed by atoms with van der Waals surface area (Å²) in [5, 5.41) is 0.479. The highest BCUT2D eigenvalue weighted by atomic mass is 32.1. The van der Waals surface area contributed by atoms with Gasteiger partial charge in [-0.25, -0.2) is 9.59 Å². The maximum atomic E-state index is 13.9. The van der Waals surface area contributed by atoms with Crippen molar-refractivity contribution in [3.63, 3.8) is 0 Å². The van der Waals surface area contributed by atoms with Gasteiger partial charge in [0.1, 0.15) is 16.2 Å². The number of alkyl halides is 3. The zero-order chi connectivity index (χ0) is 25.1. The molecule has 0 spiro atoms. The van der Waals surface area contributed by atoms with Gasteiger partial charge in [0, 0.05) is 31.0 Å². The Morgan fingerprint density at radius 1 is 1.15 bits per heavy atom. The molecule has 0 radical (unpaired) electrons. The molecule has 4 rings (SSSR count). The molecule has 1 aliphatic heterocycles. The molecule has 0 aliphatic carbocycles. The first-order valence-corrected chi connectivity index (χ1v) is 11.0. The number of benzene rings is 1. The number of cyclic esters (lactones) is 1. The molecule has 3 aromatic rings. The molecular weight excluding hydrogens is 473 g/mol. The van der Waals surface area contributed by atoms with Gasteiger partial charge in [-0.2, -0.15) is 17.5 Å². The second-order valence-electron chi connectivity index (χ2n) is 9.07. The molecule has 0 bridgehead atoms. The van der Waals surface area contributed by atoms with E-state index in [1.165, 1.54) is 24.6 Å². The molecule has 0 unspecified atom stereocenters. The van der Waals surface area contributed by atoms with E-state index in [9.17, 15) is 22.8 Å². The first-order valence-electron chi connectivity index (χ1n) is 10.2. The molecule has 0 saturated carbocycles. The van der Waals surface area contributed by atoms with Gasteiger partial charge in [-0.1, -0.05) is 18.2 Å². The molecule has 3 heterocycles. The Bertz CT molecular complexity index is 1330. The van der Waals surface area contributed by atoms with Crippen molar-refractivity contribution >= 4 is 40.3 Å². The van der Waals surface area contributed by atoms with Crippen LogP contribution in [0.1, 0.15) is 45.1 Å². The molecule has 0 saturated heterocycles. The molecule has 0 N–H and O–H groups in total. The van der Waals surface area contributed by atoms with E-state index >= 15 is 0 Å². The number of para-hydroxylation sites is 1. The number of hydrogen-bond donors (Lipinski definition) is 0. The lowest BCUT2D eigenvalue weighted by atomic mass is 10.0. The number of halogens is 3. The Morgan fingerprint density at radius 2 is 1.82 bits per heavy atom. The van der Waals surface area contributed by atoms with Gasteiger partial charge in [0.15, 0.2) is 0 Å². The van der Waals surface area contributed by atoms with E-state index in [0.717, 1.165) is 6.08 Å². The number of nitrogens with zero attached hydrogens (tertiary/aromatic N) is 2. The fourth-order valence-electron chi connectivity index (χ4n) is 3.54. The molecule has 1 aromatic carbocycles. The molecule has 34 heavy (non-hydrogen) atoms. The molecule has 2 aromatic heterocycles. The van der Waals surface area contributed by atoms with Crippen LogP contribution in [0.4, 0.5) is 18.0 Å². The van der Waals surface area contributed by atoms with Gasteiger partial charge in [0.05, 0.1) is 22.9 Å². The normalized spacial score (nSPS) is 16.1. The summed E-state index contributed by atoms with van der Waals surface area (Å²) in [4.78, 5) is 23.9. The van der Waals surface area contributed by atoms with Crippen LogP contribution in [0.25, 0.3) is 27.9 Å². The molecule has 7 nitrogen and oxygen atoms in total. The first-order chi connectivity index (χ1) is 15.7. The highest BCUT2D eigenvalue weighted by Gasteiger charge is 2.42. The van der Waals surface area contributed by atoms with Crippen molar-refractivity contribution in [2.75, 3.05) is 0 Å². The van der Waals surface area contributed by atoms with Crippen LogP contribution in [-0.2, 0) is 25.2 Å². The lowest BCUT2D eigenvalue weighted by Crippen LogP contribution is -2.34. The van der Waals surface area contributed by atoms with Crippen LogP contribution >= 0.6 is 11.5 Å². The van der Waals surface area contributed by atoms with Gasteiger partial charge in [-0.3, -0.25) is 4.57 Å². The van der Waals surface area contributed by atoms with Crippen molar-refractivity contribution in [1.29, 1.82) is 0 Å². The molecule has 11 heteroatoms. The van der Waals surface area contributed by atoms with E-state index in [1.807, 2.05) is 0 Å². The summed E-state index contributed by atoms with van der Waals surface area (Å²) >= 11 is 0.236. The van der Waals surface area contributed by atoms with E-state index in [4.69, 9.17) is 14.2 Å². The van der Waals surface area contributed by atoms with Crippen molar-refractivity contribution in [3.8, 4) is 11.3 Å². The Hall–Kier alpha value is -3.34. The maximum Gasteiger partial charge on any atom is 0.427 e. The fourth-order valence-corrected chi connectivity index (χ4v) is 4.31. The van der Waals surface area contributed by atoms with Crippen molar-refractivity contribution in [1.82, 2.24) is 8.94 Å². The number of carbonyl (C=O) groups excluding carboxylic acids is 2. The van der Waals surface area contributed by atoms with Gasteiger partial charge in [-0.15, -0.1) is 0 Å². The topological polar surface area (TPSA) is 79.7 Å². The maximum absolute atomic E-state index is 13.9. The summed E-state index contributed by atoms with van der Waals surface area (Å²) in [6.07, 6.45) is -3.21. The van der Waals surface area contributed by atoms with Crippen LogP contribution in [-0.4, -0.2) is 32.4 Å². The molecular formula is C23H21F3N2O5S. The molecule has 0 atom stereocenters. The highest BCUT2D eigenvalue weighted by Crippen LogP contribution is 2.46. The highest BCUT2D eigenvalue weighted by molar-refractivity contribution is 7.06. The average molecular weight is 494 g/mol. The Morgan fingerprint density at radius 3 is 2.44 bits per heavy atom. The standard InChI is InChI=1S/C23H21F3N2O5S/c1-21(2,3)33-20(30)28-11-13(12-8-6-7-9-14(12)28)18-17(19(34-27-18)23(24,25)26)15-10-16(29)32-22(4,5)31-15/h6-11H,1-5H3. The number of carbonyl (C=O) groups is 2. The fraction of sp³-hybridized carbons (Fsp3) is 0.348. The third-order valence-corrected chi connectivity index (χ3v) is 5.60. The van der Waals surface area contributed by atoms with Crippen LogP contribution in [0, 0.1) is 0 Å². The van der Waals surface area contributed by atoms with Gasteiger partial charge < -0.3 is 14.2 Å². The number of ether oxygens (including phenoxy) is 3. The van der Waals surface area contributed by atoms with Gasteiger partial charge in [-0.05, 0) is 38.4 Å². The predicted molar refractivity (Wildman–Crippen MR) is 119 cm³/mol. The lowest BCUT2D eigenvalue weighted by molar-refractivity contribution is -0.193. The molecule has 180 valence electrons. The minimum atomic E-state index is -4.76. The van der Waals surface area contributed by atoms with Crippen LogP contribution in [0.5, 0.6) is 0 Å². The summed E-state index contributed by atoms with van der Waals surface area (Å²) < 4.78 is 63.2. The zero-order valence-electron chi connectivity index (χ0n) is 18.9. The third-order valence-electron chi connectivity index (χ3n) is 4.70. The van der Waals surface area contributed by atoms with Crippen LogP contribution in [0.2, 0.25) is 0 Å². The van der Waals surface area contributed by atoms with E-state index in [2.05, 4.69) is 4.37 Å². The Balaban J connectivity index is 1.96. The Kier molecular flexibility index (Phi) is 5.51. The number of rotatable bonds is 2. The third kappa shape index (κ3) is 4.52. The zero-order valence-corrected chi connectivity index (χ0v) is 19.8. The largest absolute Gasteiger partial charge is 0.452 e. The van der Waals surface area contributed by atoms with Crippen molar-refractivity contribution < 1.29 is 37.0 Å². The summed E-state index contributed by atoms with van der Waals surface area (Å²) in [5.74, 6) is -2.63. The van der Waals surface area contributed by atoms with Crippen molar-refractivity contribution in [2.45, 2.75) is 52.2 Å². The number of esters is 1. The minimum absolute atomic E-state index is 0.0763. The molecule has 0 amide bonds. The van der Waals surface area contributed by atoms with Gasteiger partial charge in [0.25, 0.3) is 0 Å². The molecule has 0 fully saturated rings. The number of hydrogen-bond acceptors (Lipinski definition) is 7. The quantitative estimate of drug-likeness (QED) is 0.394. The minimum Gasteiger partial charge on any atom is -0.452 e. The van der Waals surface area contributed by atoms with E-state index in [-0.39, 0.29) is 28.5 Å². The van der Waals surface area contributed by atoms with Crippen LogP contribution < -0.4 is 0 Å². The van der Waals surface area contributed by atoms with Crippen LogP contribution in [0.3, 0.4) is 0 Å². The first kappa shape index (κ1) is 23.8. The summed E-state index contributed by atoms with van der Waals surface area (Å²) in [7, 11) is 0. The predicted octanol–water partition coefficient (Wildman–Crippen LogP) is 6.22. The smallest absolute Gasteiger partial charge is 0.427 e. The summed E-state index contributed by atoms with van der Waals surface area (Å²) in [6, 6.07) is 6.70. The SMILES string of the molecule is CC(C)(C)OC(=O)n1cc(-c2nsc(C(F)(F)F)c2C2=CC(=O)OC(C)(C)O2)c2ccccc21. The van der Waals surface area contributed by atoms with E-state index < -0.39 is 40.1 Å².